The Morgan fingerprint density at radius 1 is 0.562 bits per heavy atom. The molecule has 2 nitrogen and oxygen atoms in total. The van der Waals surface area contributed by atoms with Gasteiger partial charge in [-0.2, -0.15) is 0 Å². The van der Waals surface area contributed by atoms with Crippen molar-refractivity contribution in [2.24, 2.45) is 47.0 Å². The van der Waals surface area contributed by atoms with Crippen LogP contribution in [0.5, 0.6) is 0 Å². The van der Waals surface area contributed by atoms with Crippen LogP contribution in [0.15, 0.2) is 0 Å². The molecule has 6 unspecified atom stereocenters. The first kappa shape index (κ1) is 15.9. The SMILES string of the molecule is CC(CN)C(C)C(C)C(C)C(C)C(C)CN. The van der Waals surface area contributed by atoms with Crippen LogP contribution >= 0.6 is 0 Å². The minimum absolute atomic E-state index is 0.609. The molecule has 0 fully saturated rings. The zero-order chi connectivity index (χ0) is 12.9. The molecule has 0 amide bonds. The van der Waals surface area contributed by atoms with Crippen LogP contribution in [0.4, 0.5) is 0 Å². The van der Waals surface area contributed by atoms with E-state index in [0.29, 0.717) is 35.5 Å². The van der Waals surface area contributed by atoms with Gasteiger partial charge in [-0.3, -0.25) is 0 Å². The van der Waals surface area contributed by atoms with E-state index < -0.39 is 0 Å². The lowest BCUT2D eigenvalue weighted by atomic mass is 9.71. The second-order valence-electron chi connectivity index (χ2n) is 5.86. The van der Waals surface area contributed by atoms with Crippen LogP contribution in [-0.4, -0.2) is 13.1 Å². The fourth-order valence-electron chi connectivity index (χ4n) is 2.42. The van der Waals surface area contributed by atoms with E-state index in [4.69, 9.17) is 11.5 Å². The Labute approximate surface area is 102 Å². The summed E-state index contributed by atoms with van der Waals surface area (Å²) < 4.78 is 0. The van der Waals surface area contributed by atoms with Gasteiger partial charge in [-0.15, -0.1) is 0 Å². The highest BCUT2D eigenvalue weighted by atomic mass is 14.6. The minimum Gasteiger partial charge on any atom is -0.330 e. The summed E-state index contributed by atoms with van der Waals surface area (Å²) in [5.74, 6) is 4.01. The topological polar surface area (TPSA) is 52.0 Å². The molecule has 0 aliphatic rings. The average Bonchev–Trinajstić information content (AvgIpc) is 2.32. The lowest BCUT2D eigenvalue weighted by Crippen LogP contribution is -2.33. The maximum Gasteiger partial charge on any atom is -0.00489 e. The van der Waals surface area contributed by atoms with Crippen molar-refractivity contribution in [3.05, 3.63) is 0 Å². The molecule has 0 aromatic rings. The van der Waals surface area contributed by atoms with Crippen LogP contribution in [0.3, 0.4) is 0 Å². The molecule has 0 spiro atoms. The van der Waals surface area contributed by atoms with Crippen LogP contribution in [0.2, 0.25) is 0 Å². The first-order valence-electron chi connectivity index (χ1n) is 6.76. The number of nitrogens with two attached hydrogens (primary N) is 2. The summed E-state index contributed by atoms with van der Waals surface area (Å²) in [6, 6.07) is 0. The lowest BCUT2D eigenvalue weighted by molar-refractivity contribution is 0.143. The van der Waals surface area contributed by atoms with Gasteiger partial charge in [0.05, 0.1) is 0 Å². The molecule has 6 atom stereocenters. The maximum absolute atomic E-state index is 5.75. The third-order valence-electron chi connectivity index (χ3n) is 5.03. The quantitative estimate of drug-likeness (QED) is 0.704. The minimum atomic E-state index is 0.609. The summed E-state index contributed by atoms with van der Waals surface area (Å²) in [6.07, 6.45) is 0. The van der Waals surface area contributed by atoms with Gasteiger partial charge < -0.3 is 11.5 Å². The zero-order valence-corrected chi connectivity index (χ0v) is 12.0. The smallest absolute Gasteiger partial charge is 0.00489 e. The van der Waals surface area contributed by atoms with Crippen LogP contribution < -0.4 is 11.5 Å². The average molecular weight is 228 g/mol. The molecule has 0 bridgehead atoms. The van der Waals surface area contributed by atoms with Gasteiger partial charge in [0.15, 0.2) is 0 Å². The van der Waals surface area contributed by atoms with E-state index in [9.17, 15) is 0 Å². The Balaban J connectivity index is 4.41. The van der Waals surface area contributed by atoms with Crippen molar-refractivity contribution in [3.8, 4) is 0 Å². The van der Waals surface area contributed by atoms with Crippen LogP contribution in [-0.2, 0) is 0 Å². The molecule has 0 saturated heterocycles. The first-order valence-corrected chi connectivity index (χ1v) is 6.76. The fraction of sp³-hybridized carbons (Fsp3) is 1.00. The highest BCUT2D eigenvalue weighted by Gasteiger charge is 2.28. The predicted molar refractivity (Wildman–Crippen MR) is 73.1 cm³/mol. The number of hydrogen-bond donors (Lipinski definition) is 2. The van der Waals surface area contributed by atoms with Crippen LogP contribution in [0, 0.1) is 35.5 Å². The molecule has 0 rings (SSSR count). The van der Waals surface area contributed by atoms with E-state index >= 15 is 0 Å². The Hall–Kier alpha value is -0.0800. The monoisotopic (exact) mass is 228 g/mol. The number of hydrogen-bond acceptors (Lipinski definition) is 2. The Morgan fingerprint density at radius 3 is 1.00 bits per heavy atom. The molecular formula is C14H32N2. The predicted octanol–water partition coefficient (Wildman–Crippen LogP) is 2.72. The van der Waals surface area contributed by atoms with Crippen molar-refractivity contribution in [2.45, 2.75) is 41.5 Å². The molecule has 4 N–H and O–H groups in total. The van der Waals surface area contributed by atoms with Gasteiger partial charge in [0, 0.05) is 0 Å². The summed E-state index contributed by atoms with van der Waals surface area (Å²) in [6.45, 7) is 15.5. The van der Waals surface area contributed by atoms with Gasteiger partial charge in [0.1, 0.15) is 0 Å². The fourth-order valence-corrected chi connectivity index (χ4v) is 2.42. The normalized spacial score (nSPS) is 23.2. The van der Waals surface area contributed by atoms with Crippen molar-refractivity contribution in [2.75, 3.05) is 13.1 Å². The maximum atomic E-state index is 5.75. The van der Waals surface area contributed by atoms with Gasteiger partial charge in [-0.25, -0.2) is 0 Å². The van der Waals surface area contributed by atoms with Gasteiger partial charge in [-0.05, 0) is 48.6 Å². The zero-order valence-electron chi connectivity index (χ0n) is 12.0. The molecule has 0 aromatic heterocycles. The molecule has 0 radical (unpaired) electrons. The first-order chi connectivity index (χ1) is 7.36. The standard InChI is InChI=1S/C14H32N2/c1-9(7-15)11(3)13(5)14(6)12(4)10(2)8-16/h9-14H,7-8,15-16H2,1-6H3. The van der Waals surface area contributed by atoms with E-state index in [1.54, 1.807) is 0 Å². The molecule has 0 heterocycles. The molecule has 2 heteroatoms. The van der Waals surface area contributed by atoms with Gasteiger partial charge in [0.25, 0.3) is 0 Å². The van der Waals surface area contributed by atoms with Crippen molar-refractivity contribution >= 4 is 0 Å². The van der Waals surface area contributed by atoms with E-state index in [2.05, 4.69) is 41.5 Å². The Bertz CT molecular complexity index is 162. The van der Waals surface area contributed by atoms with Crippen molar-refractivity contribution in [1.29, 1.82) is 0 Å². The molecule has 16 heavy (non-hydrogen) atoms. The van der Waals surface area contributed by atoms with Gasteiger partial charge in [-0.1, -0.05) is 41.5 Å². The van der Waals surface area contributed by atoms with Crippen LogP contribution in [0.25, 0.3) is 0 Å². The van der Waals surface area contributed by atoms with E-state index in [1.807, 2.05) is 0 Å². The lowest BCUT2D eigenvalue weighted by Gasteiger charge is -2.35. The second kappa shape index (κ2) is 7.29. The third kappa shape index (κ3) is 4.06. The largest absolute Gasteiger partial charge is 0.330 e. The van der Waals surface area contributed by atoms with Crippen molar-refractivity contribution in [1.82, 2.24) is 0 Å². The van der Waals surface area contributed by atoms with Gasteiger partial charge >= 0.3 is 0 Å². The highest BCUT2D eigenvalue weighted by Crippen LogP contribution is 2.33. The second-order valence-corrected chi connectivity index (χ2v) is 5.86. The Kier molecular flexibility index (Phi) is 7.25. The van der Waals surface area contributed by atoms with E-state index in [0.717, 1.165) is 13.1 Å². The number of rotatable bonds is 7. The third-order valence-corrected chi connectivity index (χ3v) is 5.03. The van der Waals surface area contributed by atoms with Crippen molar-refractivity contribution < 1.29 is 0 Å². The molecular weight excluding hydrogens is 196 g/mol. The summed E-state index contributed by atoms with van der Waals surface area (Å²) in [4.78, 5) is 0. The molecule has 0 aromatic carbocycles. The summed E-state index contributed by atoms with van der Waals surface area (Å²) in [5, 5.41) is 0. The van der Waals surface area contributed by atoms with E-state index in [1.165, 1.54) is 0 Å². The van der Waals surface area contributed by atoms with Gasteiger partial charge in [0.2, 0.25) is 0 Å². The van der Waals surface area contributed by atoms with E-state index in [-0.39, 0.29) is 0 Å². The molecule has 0 aliphatic carbocycles. The molecule has 0 aliphatic heterocycles. The molecule has 0 saturated carbocycles. The molecule has 98 valence electrons. The summed E-state index contributed by atoms with van der Waals surface area (Å²) in [5.41, 5.74) is 11.5. The van der Waals surface area contributed by atoms with Crippen molar-refractivity contribution in [3.63, 3.8) is 0 Å². The highest BCUT2D eigenvalue weighted by molar-refractivity contribution is 4.78. The van der Waals surface area contributed by atoms with Crippen LogP contribution in [0.1, 0.15) is 41.5 Å². The summed E-state index contributed by atoms with van der Waals surface area (Å²) in [7, 11) is 0. The Morgan fingerprint density at radius 2 is 0.812 bits per heavy atom. The summed E-state index contributed by atoms with van der Waals surface area (Å²) >= 11 is 0.